The van der Waals surface area contributed by atoms with Gasteiger partial charge in [0.1, 0.15) is 11.1 Å². The molecule has 3 aromatic rings. The number of carbonyl (C=O) groups is 2. The Bertz CT molecular complexity index is 1010. The number of thiophene rings is 1. The molecule has 6 nitrogen and oxygen atoms in total. The van der Waals surface area contributed by atoms with E-state index in [0.29, 0.717) is 19.5 Å². The number of hydrogen-bond donors (Lipinski definition) is 2. The van der Waals surface area contributed by atoms with Gasteiger partial charge in [-0.2, -0.15) is 0 Å². The number of benzene rings is 1. The summed E-state index contributed by atoms with van der Waals surface area (Å²) in [6.45, 7) is 0.879. The van der Waals surface area contributed by atoms with Crippen molar-refractivity contribution in [3.63, 3.8) is 0 Å². The highest BCUT2D eigenvalue weighted by Crippen LogP contribution is 2.08. The zero-order valence-electron chi connectivity index (χ0n) is 15.5. The van der Waals surface area contributed by atoms with Crippen LogP contribution >= 0.6 is 11.3 Å². The van der Waals surface area contributed by atoms with Crippen LogP contribution in [-0.2, 0) is 19.5 Å². The van der Waals surface area contributed by atoms with Crippen molar-refractivity contribution < 1.29 is 9.59 Å². The third-order valence-corrected chi connectivity index (χ3v) is 5.18. The molecule has 2 N–H and O–H groups in total. The summed E-state index contributed by atoms with van der Waals surface area (Å²) in [5.41, 5.74) is 0.482. The Kier molecular flexibility index (Phi) is 6.39. The summed E-state index contributed by atoms with van der Waals surface area (Å²) in [6, 6.07) is 13.7. The zero-order chi connectivity index (χ0) is 19.9. The molecule has 2 heterocycles. The molecule has 7 heteroatoms. The van der Waals surface area contributed by atoms with E-state index in [1.54, 1.807) is 4.57 Å². The van der Waals surface area contributed by atoms with Gasteiger partial charge in [-0.3, -0.25) is 14.4 Å². The summed E-state index contributed by atoms with van der Waals surface area (Å²) < 4.78 is 1.72. The maximum atomic E-state index is 12.7. The van der Waals surface area contributed by atoms with Gasteiger partial charge in [0.2, 0.25) is 5.43 Å². The van der Waals surface area contributed by atoms with Crippen molar-refractivity contribution in [2.24, 2.45) is 0 Å². The molecule has 2 amide bonds. The molecule has 144 valence electrons. The lowest BCUT2D eigenvalue weighted by atomic mass is 10.1. The predicted octanol–water partition coefficient (Wildman–Crippen LogP) is 2.44. The SMILES string of the molecule is CNC(=O)c1cn(CCc2ccccc2)cc(C(=O)NCc2cccs2)c1=O. The molecule has 0 saturated carbocycles. The quantitative estimate of drug-likeness (QED) is 0.645. The van der Waals surface area contributed by atoms with E-state index in [1.807, 2.05) is 47.8 Å². The first kappa shape index (κ1) is 19.6. The number of carbonyl (C=O) groups excluding carboxylic acids is 2. The van der Waals surface area contributed by atoms with E-state index in [4.69, 9.17) is 0 Å². The van der Waals surface area contributed by atoms with E-state index in [1.165, 1.54) is 30.8 Å². The standard InChI is InChI=1S/C21H21N3O3S/c1-22-20(26)17-13-24(10-9-15-6-3-2-4-7-15)14-18(19(17)25)21(27)23-12-16-8-5-11-28-16/h2-8,11,13-14H,9-10,12H2,1H3,(H,22,26)(H,23,27). The lowest BCUT2D eigenvalue weighted by Crippen LogP contribution is -2.34. The summed E-state index contributed by atoms with van der Waals surface area (Å²) in [6.07, 6.45) is 3.73. The van der Waals surface area contributed by atoms with Crippen molar-refractivity contribution >= 4 is 23.2 Å². The van der Waals surface area contributed by atoms with Crippen molar-refractivity contribution in [1.82, 2.24) is 15.2 Å². The molecule has 1 aromatic carbocycles. The molecule has 0 aliphatic heterocycles. The van der Waals surface area contributed by atoms with Crippen molar-refractivity contribution in [2.75, 3.05) is 7.05 Å². The summed E-state index contributed by atoms with van der Waals surface area (Å²) in [5.74, 6) is -0.996. The van der Waals surface area contributed by atoms with E-state index in [9.17, 15) is 14.4 Å². The van der Waals surface area contributed by atoms with Crippen LogP contribution in [0.5, 0.6) is 0 Å². The molecule has 0 saturated heterocycles. The summed E-state index contributed by atoms with van der Waals surface area (Å²) in [4.78, 5) is 38.4. The van der Waals surface area contributed by atoms with Gasteiger partial charge < -0.3 is 15.2 Å². The molecule has 0 atom stereocenters. The molecule has 0 spiro atoms. The van der Waals surface area contributed by atoms with Gasteiger partial charge in [-0.25, -0.2) is 0 Å². The third-order valence-electron chi connectivity index (χ3n) is 4.30. The normalized spacial score (nSPS) is 10.5. The van der Waals surface area contributed by atoms with Gasteiger partial charge in [0.15, 0.2) is 0 Å². The molecule has 0 aliphatic rings. The Morgan fingerprint density at radius 2 is 1.71 bits per heavy atom. The molecule has 0 radical (unpaired) electrons. The van der Waals surface area contributed by atoms with Gasteiger partial charge >= 0.3 is 0 Å². The Balaban J connectivity index is 1.85. The smallest absolute Gasteiger partial charge is 0.257 e. The summed E-state index contributed by atoms with van der Waals surface area (Å²) >= 11 is 1.52. The highest BCUT2D eigenvalue weighted by atomic mass is 32.1. The third kappa shape index (κ3) is 4.75. The maximum Gasteiger partial charge on any atom is 0.257 e. The van der Waals surface area contributed by atoms with Crippen LogP contribution in [0.4, 0.5) is 0 Å². The van der Waals surface area contributed by atoms with Gasteiger partial charge in [-0.05, 0) is 23.4 Å². The second kappa shape index (κ2) is 9.14. The van der Waals surface area contributed by atoms with E-state index >= 15 is 0 Å². The van der Waals surface area contributed by atoms with Gasteiger partial charge in [-0.1, -0.05) is 36.4 Å². The molecule has 3 rings (SSSR count). The van der Waals surface area contributed by atoms with E-state index in [0.717, 1.165) is 10.4 Å². The Morgan fingerprint density at radius 3 is 2.36 bits per heavy atom. The average Bonchev–Trinajstić information content (AvgIpc) is 3.25. The van der Waals surface area contributed by atoms with Crippen molar-refractivity contribution in [2.45, 2.75) is 19.5 Å². The topological polar surface area (TPSA) is 80.2 Å². The second-order valence-corrected chi connectivity index (χ2v) is 7.26. The Hall–Kier alpha value is -3.19. The molecule has 0 aliphatic carbocycles. The number of nitrogens with one attached hydrogen (secondary N) is 2. The number of aromatic nitrogens is 1. The maximum absolute atomic E-state index is 12.7. The van der Waals surface area contributed by atoms with Gasteiger partial charge in [0.05, 0.1) is 6.54 Å². The van der Waals surface area contributed by atoms with Crippen LogP contribution in [0, 0.1) is 0 Å². The number of hydrogen-bond acceptors (Lipinski definition) is 4. The lowest BCUT2D eigenvalue weighted by Gasteiger charge is -2.12. The number of nitrogens with zero attached hydrogens (tertiary/aromatic N) is 1. The minimum Gasteiger partial charge on any atom is -0.355 e. The average molecular weight is 395 g/mol. The van der Waals surface area contributed by atoms with Gasteiger partial charge in [0, 0.05) is 30.9 Å². The van der Waals surface area contributed by atoms with E-state index in [-0.39, 0.29) is 11.1 Å². The van der Waals surface area contributed by atoms with E-state index in [2.05, 4.69) is 10.6 Å². The molecular formula is C21H21N3O3S. The van der Waals surface area contributed by atoms with Crippen molar-refractivity contribution in [3.05, 3.63) is 92.0 Å². The zero-order valence-corrected chi connectivity index (χ0v) is 16.3. The fourth-order valence-electron chi connectivity index (χ4n) is 2.80. The first-order chi connectivity index (χ1) is 13.6. The minimum absolute atomic E-state index is 0.0364. The fraction of sp³-hybridized carbons (Fsp3) is 0.190. The number of aryl methyl sites for hydroxylation is 2. The summed E-state index contributed by atoms with van der Waals surface area (Å²) in [7, 11) is 1.46. The molecule has 0 fully saturated rings. The van der Waals surface area contributed by atoms with Crippen LogP contribution in [0.25, 0.3) is 0 Å². The van der Waals surface area contributed by atoms with Gasteiger partial charge in [-0.15, -0.1) is 11.3 Å². The largest absolute Gasteiger partial charge is 0.355 e. The van der Waals surface area contributed by atoms with Crippen molar-refractivity contribution in [1.29, 1.82) is 0 Å². The van der Waals surface area contributed by atoms with Crippen molar-refractivity contribution in [3.8, 4) is 0 Å². The number of rotatable bonds is 7. The molecule has 28 heavy (non-hydrogen) atoms. The second-order valence-electron chi connectivity index (χ2n) is 6.23. The Morgan fingerprint density at radius 1 is 1.00 bits per heavy atom. The molecular weight excluding hydrogens is 374 g/mol. The molecule has 0 unspecified atom stereocenters. The van der Waals surface area contributed by atoms with Crippen LogP contribution in [0.15, 0.2) is 65.0 Å². The number of pyridine rings is 1. The van der Waals surface area contributed by atoms with Crippen LogP contribution in [0.1, 0.15) is 31.2 Å². The monoisotopic (exact) mass is 395 g/mol. The molecule has 2 aromatic heterocycles. The lowest BCUT2D eigenvalue weighted by molar-refractivity contribution is 0.0949. The fourth-order valence-corrected chi connectivity index (χ4v) is 3.44. The van der Waals surface area contributed by atoms with E-state index < -0.39 is 17.2 Å². The molecule has 0 bridgehead atoms. The highest BCUT2D eigenvalue weighted by molar-refractivity contribution is 7.09. The van der Waals surface area contributed by atoms with Crippen LogP contribution in [-0.4, -0.2) is 23.4 Å². The minimum atomic E-state index is -0.570. The first-order valence-corrected chi connectivity index (χ1v) is 9.77. The Labute approximate surface area is 166 Å². The van der Waals surface area contributed by atoms with Crippen LogP contribution in [0.2, 0.25) is 0 Å². The highest BCUT2D eigenvalue weighted by Gasteiger charge is 2.18. The van der Waals surface area contributed by atoms with Crippen LogP contribution in [0.3, 0.4) is 0 Å². The van der Waals surface area contributed by atoms with Gasteiger partial charge in [0.25, 0.3) is 11.8 Å². The predicted molar refractivity (Wildman–Crippen MR) is 110 cm³/mol. The van der Waals surface area contributed by atoms with Crippen LogP contribution < -0.4 is 16.1 Å². The first-order valence-electron chi connectivity index (χ1n) is 8.89. The summed E-state index contributed by atoms with van der Waals surface area (Å²) in [5, 5.41) is 7.14. The number of amides is 2.